The Balaban J connectivity index is 2.09. The number of hydrogen-bond donors (Lipinski definition) is 1. The van der Waals surface area contributed by atoms with Crippen molar-refractivity contribution >= 4 is 27.3 Å². The molecule has 16 heavy (non-hydrogen) atoms. The first-order valence-electron chi connectivity index (χ1n) is 6.14. The standard InChI is InChI=1S/C13H21BrOS/c1-2-3-4-5-6-7-11(15)10-12-8-9-13(14)16-12/h8-9,11,15H,2-7,10H2,1H3. The lowest BCUT2D eigenvalue weighted by Gasteiger charge is -2.08. The molecule has 0 saturated heterocycles. The predicted octanol–water partition coefficient (Wildman–Crippen LogP) is 4.77. The molecular weight excluding hydrogens is 284 g/mol. The van der Waals surface area contributed by atoms with Crippen molar-refractivity contribution in [3.8, 4) is 0 Å². The highest BCUT2D eigenvalue weighted by atomic mass is 79.9. The van der Waals surface area contributed by atoms with E-state index in [-0.39, 0.29) is 6.10 Å². The summed E-state index contributed by atoms with van der Waals surface area (Å²) in [5, 5.41) is 9.86. The van der Waals surface area contributed by atoms with Crippen molar-refractivity contribution in [3.63, 3.8) is 0 Å². The second-order valence-corrected chi connectivity index (χ2v) is 6.81. The first-order chi connectivity index (χ1) is 7.72. The van der Waals surface area contributed by atoms with Crippen LogP contribution in [0.15, 0.2) is 15.9 Å². The lowest BCUT2D eigenvalue weighted by Crippen LogP contribution is -2.09. The molecule has 1 rings (SSSR count). The van der Waals surface area contributed by atoms with Gasteiger partial charge in [0.05, 0.1) is 9.89 Å². The smallest absolute Gasteiger partial charge is 0.0701 e. The highest BCUT2D eigenvalue weighted by Gasteiger charge is 2.07. The molecule has 3 heteroatoms. The number of thiophene rings is 1. The molecule has 0 amide bonds. The molecule has 0 fully saturated rings. The third-order valence-corrected chi connectivity index (χ3v) is 4.35. The molecule has 0 spiro atoms. The first-order valence-corrected chi connectivity index (χ1v) is 7.75. The molecule has 1 N–H and O–H groups in total. The topological polar surface area (TPSA) is 20.2 Å². The van der Waals surface area contributed by atoms with Crippen molar-refractivity contribution in [2.45, 2.75) is 58.0 Å². The Morgan fingerprint density at radius 1 is 1.25 bits per heavy atom. The van der Waals surface area contributed by atoms with Gasteiger partial charge in [-0.05, 0) is 34.5 Å². The van der Waals surface area contributed by atoms with Gasteiger partial charge in [-0.25, -0.2) is 0 Å². The first kappa shape index (κ1) is 14.2. The summed E-state index contributed by atoms with van der Waals surface area (Å²) < 4.78 is 1.15. The fourth-order valence-corrected chi connectivity index (χ4v) is 3.33. The van der Waals surface area contributed by atoms with Gasteiger partial charge in [-0.3, -0.25) is 0 Å². The number of aliphatic hydroxyl groups excluding tert-OH is 1. The molecule has 1 unspecified atom stereocenters. The highest BCUT2D eigenvalue weighted by molar-refractivity contribution is 9.11. The molecule has 0 aromatic carbocycles. The highest BCUT2D eigenvalue weighted by Crippen LogP contribution is 2.24. The van der Waals surface area contributed by atoms with Crippen molar-refractivity contribution in [1.29, 1.82) is 0 Å². The average Bonchev–Trinajstić information content (AvgIpc) is 2.63. The molecule has 1 heterocycles. The van der Waals surface area contributed by atoms with Crippen LogP contribution in [0.2, 0.25) is 0 Å². The maximum atomic E-state index is 9.86. The zero-order valence-electron chi connectivity index (χ0n) is 9.92. The van der Waals surface area contributed by atoms with Crippen LogP contribution in [0.1, 0.15) is 50.3 Å². The van der Waals surface area contributed by atoms with E-state index in [0.717, 1.165) is 23.0 Å². The zero-order valence-corrected chi connectivity index (χ0v) is 12.3. The Labute approximate surface area is 111 Å². The van der Waals surface area contributed by atoms with Crippen molar-refractivity contribution in [2.75, 3.05) is 0 Å². The van der Waals surface area contributed by atoms with Crippen LogP contribution in [0.4, 0.5) is 0 Å². The second-order valence-electron chi connectivity index (χ2n) is 4.27. The van der Waals surface area contributed by atoms with Crippen molar-refractivity contribution in [1.82, 2.24) is 0 Å². The molecule has 0 aliphatic carbocycles. The number of halogens is 1. The lowest BCUT2D eigenvalue weighted by atomic mass is 10.1. The summed E-state index contributed by atoms with van der Waals surface area (Å²) in [4.78, 5) is 1.27. The molecule has 0 aliphatic rings. The zero-order chi connectivity index (χ0) is 11.8. The van der Waals surface area contributed by atoms with E-state index in [1.165, 1.54) is 30.6 Å². The van der Waals surface area contributed by atoms with Gasteiger partial charge < -0.3 is 5.11 Å². The van der Waals surface area contributed by atoms with Gasteiger partial charge in [-0.1, -0.05) is 39.0 Å². The monoisotopic (exact) mass is 304 g/mol. The molecular formula is C13H21BrOS. The molecule has 1 aromatic heterocycles. The Bertz CT molecular complexity index is 285. The minimum absolute atomic E-state index is 0.160. The van der Waals surface area contributed by atoms with Crippen LogP contribution in [0, 0.1) is 0 Å². The summed E-state index contributed by atoms with van der Waals surface area (Å²) in [5.41, 5.74) is 0. The van der Waals surface area contributed by atoms with Gasteiger partial charge in [0.2, 0.25) is 0 Å². The SMILES string of the molecule is CCCCCCCC(O)Cc1ccc(Br)s1. The molecule has 0 aliphatic heterocycles. The van der Waals surface area contributed by atoms with Gasteiger partial charge >= 0.3 is 0 Å². The van der Waals surface area contributed by atoms with E-state index in [4.69, 9.17) is 0 Å². The maximum absolute atomic E-state index is 9.86. The Hall–Kier alpha value is 0.140. The van der Waals surface area contributed by atoms with Crippen molar-refractivity contribution in [2.24, 2.45) is 0 Å². The van der Waals surface area contributed by atoms with E-state index in [1.807, 2.05) is 6.07 Å². The number of rotatable bonds is 8. The Morgan fingerprint density at radius 3 is 2.62 bits per heavy atom. The number of aliphatic hydroxyl groups is 1. The number of hydrogen-bond acceptors (Lipinski definition) is 2. The van der Waals surface area contributed by atoms with Gasteiger partial charge in [0.1, 0.15) is 0 Å². The van der Waals surface area contributed by atoms with Crippen LogP contribution >= 0.6 is 27.3 Å². The summed E-state index contributed by atoms with van der Waals surface area (Å²) in [7, 11) is 0. The van der Waals surface area contributed by atoms with Gasteiger partial charge in [-0.2, -0.15) is 0 Å². The van der Waals surface area contributed by atoms with E-state index >= 15 is 0 Å². The van der Waals surface area contributed by atoms with Crippen LogP contribution < -0.4 is 0 Å². The van der Waals surface area contributed by atoms with Gasteiger partial charge in [0.15, 0.2) is 0 Å². The van der Waals surface area contributed by atoms with E-state index in [9.17, 15) is 5.11 Å². The van der Waals surface area contributed by atoms with Gasteiger partial charge in [-0.15, -0.1) is 11.3 Å². The largest absolute Gasteiger partial charge is 0.393 e. The van der Waals surface area contributed by atoms with E-state index < -0.39 is 0 Å². The average molecular weight is 305 g/mol. The summed E-state index contributed by atoms with van der Waals surface area (Å²) in [6.45, 7) is 2.23. The molecule has 1 atom stereocenters. The van der Waals surface area contributed by atoms with Crippen molar-refractivity contribution in [3.05, 3.63) is 20.8 Å². The van der Waals surface area contributed by atoms with Crippen molar-refractivity contribution < 1.29 is 5.11 Å². The third-order valence-electron chi connectivity index (χ3n) is 2.71. The molecule has 0 radical (unpaired) electrons. The van der Waals surface area contributed by atoms with Gasteiger partial charge in [0.25, 0.3) is 0 Å². The lowest BCUT2D eigenvalue weighted by molar-refractivity contribution is 0.162. The van der Waals surface area contributed by atoms with Crippen LogP contribution in [0.3, 0.4) is 0 Å². The van der Waals surface area contributed by atoms with Crippen LogP contribution in [-0.2, 0) is 6.42 Å². The minimum atomic E-state index is -0.160. The van der Waals surface area contributed by atoms with Gasteiger partial charge in [0, 0.05) is 11.3 Å². The summed E-state index contributed by atoms with van der Waals surface area (Å²) in [6, 6.07) is 4.14. The molecule has 92 valence electrons. The summed E-state index contributed by atoms with van der Waals surface area (Å²) in [6.07, 6.45) is 7.94. The van der Waals surface area contributed by atoms with E-state index in [2.05, 4.69) is 28.9 Å². The predicted molar refractivity (Wildman–Crippen MR) is 75.1 cm³/mol. The molecule has 1 nitrogen and oxygen atoms in total. The fourth-order valence-electron chi connectivity index (χ4n) is 1.78. The summed E-state index contributed by atoms with van der Waals surface area (Å²) in [5.74, 6) is 0. The fraction of sp³-hybridized carbons (Fsp3) is 0.692. The number of unbranched alkanes of at least 4 members (excludes halogenated alkanes) is 4. The molecule has 0 bridgehead atoms. The van der Waals surface area contributed by atoms with Crippen LogP contribution in [0.5, 0.6) is 0 Å². The third kappa shape index (κ3) is 6.02. The quantitative estimate of drug-likeness (QED) is 0.686. The Kier molecular flexibility index (Phi) is 7.33. The van der Waals surface area contributed by atoms with E-state index in [1.54, 1.807) is 11.3 Å². The maximum Gasteiger partial charge on any atom is 0.0701 e. The normalized spacial score (nSPS) is 12.9. The van der Waals surface area contributed by atoms with Crippen LogP contribution in [0.25, 0.3) is 0 Å². The van der Waals surface area contributed by atoms with Crippen LogP contribution in [-0.4, -0.2) is 11.2 Å². The van der Waals surface area contributed by atoms with E-state index in [0.29, 0.717) is 0 Å². The Morgan fingerprint density at radius 2 is 2.00 bits per heavy atom. The molecule has 0 saturated carbocycles. The molecule has 1 aromatic rings. The minimum Gasteiger partial charge on any atom is -0.393 e. The second kappa shape index (κ2) is 8.26. The summed E-state index contributed by atoms with van der Waals surface area (Å²) >= 11 is 5.16.